The van der Waals surface area contributed by atoms with Crippen molar-refractivity contribution in [2.24, 2.45) is 0 Å². The number of benzene rings is 2. The molecule has 0 heterocycles. The molecule has 0 saturated heterocycles. The van der Waals surface area contributed by atoms with Crippen LogP contribution in [-0.4, -0.2) is 26.4 Å². The lowest BCUT2D eigenvalue weighted by atomic mass is 9.89. The second-order valence-electron chi connectivity index (χ2n) is 4.82. The molecule has 0 aliphatic rings. The van der Waals surface area contributed by atoms with Crippen LogP contribution in [0, 0.1) is 0 Å². The maximum absolute atomic E-state index is 11.5. The molecular weight excluding hydrogens is 272 g/mol. The fraction of sp³-hybridized carbons (Fsp3) is 0.250. The van der Waals surface area contributed by atoms with E-state index in [1.165, 1.54) is 6.26 Å². The molecular formula is C16H18O3S. The van der Waals surface area contributed by atoms with Gasteiger partial charge in [0.15, 0.2) is 9.84 Å². The summed E-state index contributed by atoms with van der Waals surface area (Å²) >= 11 is 0. The van der Waals surface area contributed by atoms with Crippen LogP contribution in [0.1, 0.15) is 23.5 Å². The van der Waals surface area contributed by atoms with Crippen molar-refractivity contribution in [3.63, 3.8) is 0 Å². The number of aliphatic hydroxyl groups excluding tert-OH is 1. The molecule has 0 aliphatic carbocycles. The average Bonchev–Trinajstić information content (AvgIpc) is 2.45. The number of sulfone groups is 1. The highest BCUT2D eigenvalue weighted by atomic mass is 32.2. The summed E-state index contributed by atoms with van der Waals surface area (Å²) in [6.45, 7) is 0.0907. The van der Waals surface area contributed by atoms with Crippen molar-refractivity contribution in [2.75, 3.05) is 12.9 Å². The Morgan fingerprint density at radius 1 is 0.950 bits per heavy atom. The van der Waals surface area contributed by atoms with Crippen LogP contribution in [0.5, 0.6) is 0 Å². The zero-order valence-electron chi connectivity index (χ0n) is 11.4. The third-order valence-corrected chi connectivity index (χ3v) is 4.46. The molecule has 106 valence electrons. The average molecular weight is 290 g/mol. The van der Waals surface area contributed by atoms with Gasteiger partial charge in [0.05, 0.1) is 4.90 Å². The van der Waals surface area contributed by atoms with Crippen molar-refractivity contribution >= 4 is 9.84 Å². The summed E-state index contributed by atoms with van der Waals surface area (Å²) in [6, 6.07) is 16.8. The first kappa shape index (κ1) is 14.8. The van der Waals surface area contributed by atoms with Gasteiger partial charge in [0, 0.05) is 18.8 Å². The molecule has 3 nitrogen and oxygen atoms in total. The highest BCUT2D eigenvalue weighted by Gasteiger charge is 2.14. The second-order valence-corrected chi connectivity index (χ2v) is 6.83. The molecule has 0 saturated carbocycles. The standard InChI is InChI=1S/C16H18O3S/c1-20(18,19)15-9-7-14(8-10-15)16(11-12-17)13-5-3-2-4-6-13/h2-10,16-17H,11-12H2,1H3/t16-/m0/s1. The van der Waals surface area contributed by atoms with Crippen LogP contribution in [0.3, 0.4) is 0 Å². The molecule has 0 amide bonds. The Morgan fingerprint density at radius 3 is 2.00 bits per heavy atom. The monoisotopic (exact) mass is 290 g/mol. The summed E-state index contributed by atoms with van der Waals surface area (Å²) in [4.78, 5) is 0.317. The van der Waals surface area contributed by atoms with E-state index in [1.54, 1.807) is 12.1 Å². The molecule has 0 unspecified atom stereocenters. The van der Waals surface area contributed by atoms with E-state index in [0.717, 1.165) is 11.1 Å². The molecule has 4 heteroatoms. The van der Waals surface area contributed by atoms with Crippen molar-refractivity contribution in [3.8, 4) is 0 Å². The number of aliphatic hydroxyl groups is 1. The molecule has 2 aromatic rings. The summed E-state index contributed by atoms with van der Waals surface area (Å²) in [7, 11) is -3.17. The van der Waals surface area contributed by atoms with Gasteiger partial charge in [0.1, 0.15) is 0 Å². The fourth-order valence-corrected chi connectivity index (χ4v) is 2.92. The zero-order valence-corrected chi connectivity index (χ0v) is 12.2. The van der Waals surface area contributed by atoms with Gasteiger partial charge in [-0.25, -0.2) is 8.42 Å². The smallest absolute Gasteiger partial charge is 0.175 e. The van der Waals surface area contributed by atoms with E-state index in [4.69, 9.17) is 0 Å². The predicted molar refractivity (Wildman–Crippen MR) is 79.5 cm³/mol. The Morgan fingerprint density at radius 2 is 1.50 bits per heavy atom. The van der Waals surface area contributed by atoms with Crippen LogP contribution in [0.2, 0.25) is 0 Å². The van der Waals surface area contributed by atoms with E-state index < -0.39 is 9.84 Å². The van der Waals surface area contributed by atoms with Gasteiger partial charge < -0.3 is 5.11 Å². The third-order valence-electron chi connectivity index (χ3n) is 3.33. The SMILES string of the molecule is CS(=O)(=O)c1ccc([C@@H](CCO)c2ccccc2)cc1. The zero-order chi connectivity index (χ0) is 14.6. The Balaban J connectivity index is 2.36. The highest BCUT2D eigenvalue weighted by molar-refractivity contribution is 7.90. The van der Waals surface area contributed by atoms with E-state index in [1.807, 2.05) is 42.5 Å². The van der Waals surface area contributed by atoms with Gasteiger partial charge >= 0.3 is 0 Å². The van der Waals surface area contributed by atoms with Crippen molar-refractivity contribution < 1.29 is 13.5 Å². The molecule has 0 aromatic heterocycles. The number of hydrogen-bond acceptors (Lipinski definition) is 3. The lowest BCUT2D eigenvalue weighted by molar-refractivity contribution is 0.281. The summed E-state index contributed by atoms with van der Waals surface area (Å²) in [5, 5.41) is 9.25. The van der Waals surface area contributed by atoms with Crippen molar-refractivity contribution in [1.82, 2.24) is 0 Å². The third kappa shape index (κ3) is 3.46. The predicted octanol–water partition coefficient (Wildman–Crippen LogP) is 2.60. The Bertz CT molecular complexity index is 646. The highest BCUT2D eigenvalue weighted by Crippen LogP contribution is 2.28. The molecule has 0 spiro atoms. The molecule has 0 bridgehead atoms. The van der Waals surface area contributed by atoms with Crippen LogP contribution >= 0.6 is 0 Å². The van der Waals surface area contributed by atoms with Crippen molar-refractivity contribution in [2.45, 2.75) is 17.2 Å². The van der Waals surface area contributed by atoms with Gasteiger partial charge in [-0.1, -0.05) is 42.5 Å². The molecule has 20 heavy (non-hydrogen) atoms. The molecule has 0 aliphatic heterocycles. The van der Waals surface area contributed by atoms with Crippen LogP contribution in [0.4, 0.5) is 0 Å². The minimum atomic E-state index is -3.17. The van der Waals surface area contributed by atoms with Crippen molar-refractivity contribution in [3.05, 3.63) is 65.7 Å². The molecule has 2 aromatic carbocycles. The number of hydrogen-bond donors (Lipinski definition) is 1. The first-order valence-corrected chi connectivity index (χ1v) is 8.37. The minimum Gasteiger partial charge on any atom is -0.396 e. The van der Waals surface area contributed by atoms with E-state index in [9.17, 15) is 13.5 Å². The van der Waals surface area contributed by atoms with Crippen LogP contribution in [0.25, 0.3) is 0 Å². The molecule has 0 radical (unpaired) electrons. The first-order chi connectivity index (χ1) is 9.52. The summed E-state index contributed by atoms with van der Waals surface area (Å²) in [5.41, 5.74) is 2.13. The van der Waals surface area contributed by atoms with Gasteiger partial charge in [-0.15, -0.1) is 0 Å². The van der Waals surface area contributed by atoms with Gasteiger partial charge in [-0.05, 0) is 29.7 Å². The minimum absolute atomic E-state index is 0.0785. The van der Waals surface area contributed by atoms with Crippen LogP contribution in [-0.2, 0) is 9.84 Å². The van der Waals surface area contributed by atoms with Crippen molar-refractivity contribution in [1.29, 1.82) is 0 Å². The van der Waals surface area contributed by atoms with E-state index in [0.29, 0.717) is 11.3 Å². The molecule has 1 N–H and O–H groups in total. The summed E-state index contributed by atoms with van der Waals surface area (Å²) in [6.07, 6.45) is 1.81. The van der Waals surface area contributed by atoms with E-state index >= 15 is 0 Å². The topological polar surface area (TPSA) is 54.4 Å². The van der Waals surface area contributed by atoms with Gasteiger partial charge in [-0.3, -0.25) is 0 Å². The first-order valence-electron chi connectivity index (χ1n) is 6.48. The molecule has 1 atom stereocenters. The van der Waals surface area contributed by atoms with Crippen LogP contribution < -0.4 is 0 Å². The summed E-state index contributed by atoms with van der Waals surface area (Å²) in [5.74, 6) is 0.0785. The Hall–Kier alpha value is -1.65. The molecule has 2 rings (SSSR count). The van der Waals surface area contributed by atoms with Crippen LogP contribution in [0.15, 0.2) is 59.5 Å². The largest absolute Gasteiger partial charge is 0.396 e. The maximum Gasteiger partial charge on any atom is 0.175 e. The Kier molecular flexibility index (Phi) is 4.57. The lowest BCUT2D eigenvalue weighted by Crippen LogP contribution is -2.04. The number of rotatable bonds is 5. The Labute approximate surface area is 119 Å². The quantitative estimate of drug-likeness (QED) is 0.921. The second kappa shape index (κ2) is 6.20. The summed E-state index contributed by atoms with van der Waals surface area (Å²) < 4.78 is 22.9. The van der Waals surface area contributed by atoms with E-state index in [-0.39, 0.29) is 12.5 Å². The molecule has 0 fully saturated rings. The lowest BCUT2D eigenvalue weighted by Gasteiger charge is -2.17. The fourth-order valence-electron chi connectivity index (χ4n) is 2.29. The normalized spacial score (nSPS) is 13.1. The maximum atomic E-state index is 11.5. The van der Waals surface area contributed by atoms with Gasteiger partial charge in [-0.2, -0.15) is 0 Å². The van der Waals surface area contributed by atoms with E-state index in [2.05, 4.69) is 0 Å². The van der Waals surface area contributed by atoms with Gasteiger partial charge in [0.2, 0.25) is 0 Å². The van der Waals surface area contributed by atoms with Gasteiger partial charge in [0.25, 0.3) is 0 Å².